The monoisotopic (exact) mass is 341 g/mol. The Bertz CT molecular complexity index is 713. The summed E-state index contributed by atoms with van der Waals surface area (Å²) >= 11 is 0. The van der Waals surface area contributed by atoms with E-state index >= 15 is 0 Å². The van der Waals surface area contributed by atoms with E-state index in [1.54, 1.807) is 0 Å². The van der Waals surface area contributed by atoms with E-state index in [0.717, 1.165) is 63.1 Å². The number of nitrogens with zero attached hydrogens (tertiary/aromatic N) is 1. The number of benzene rings is 1. The average Bonchev–Trinajstić information content (AvgIpc) is 3.15. The number of aromatic nitrogens is 1. The van der Waals surface area contributed by atoms with Crippen LogP contribution in [0.15, 0.2) is 30.5 Å². The van der Waals surface area contributed by atoms with Crippen molar-refractivity contribution in [3.8, 4) is 0 Å². The molecule has 2 aliphatic heterocycles. The van der Waals surface area contributed by atoms with Crippen molar-refractivity contribution >= 4 is 16.8 Å². The van der Waals surface area contributed by atoms with Gasteiger partial charge in [0.1, 0.15) is 0 Å². The fourth-order valence-electron chi connectivity index (χ4n) is 4.12. The van der Waals surface area contributed by atoms with E-state index in [2.05, 4.69) is 39.5 Å². The Morgan fingerprint density at radius 1 is 1.16 bits per heavy atom. The van der Waals surface area contributed by atoms with Crippen molar-refractivity contribution in [1.82, 2.24) is 15.2 Å². The summed E-state index contributed by atoms with van der Waals surface area (Å²) in [7, 11) is 0. The van der Waals surface area contributed by atoms with Gasteiger partial charge in [-0.1, -0.05) is 12.1 Å². The first-order valence-electron chi connectivity index (χ1n) is 9.45. The molecule has 5 heteroatoms. The fourth-order valence-corrected chi connectivity index (χ4v) is 4.12. The fraction of sp³-hybridized carbons (Fsp3) is 0.550. The SMILES string of the molecule is O=C(NCc1ccc2cc[nH]c2c1)C1CCN(C2CCOCC2)CC1. The van der Waals surface area contributed by atoms with Crippen LogP contribution in [-0.4, -0.2) is 48.1 Å². The van der Waals surface area contributed by atoms with Gasteiger partial charge in [-0.2, -0.15) is 0 Å². The maximum Gasteiger partial charge on any atom is 0.223 e. The van der Waals surface area contributed by atoms with E-state index in [0.29, 0.717) is 12.6 Å². The molecule has 0 atom stereocenters. The third kappa shape index (κ3) is 3.88. The van der Waals surface area contributed by atoms with Crippen molar-refractivity contribution in [2.24, 2.45) is 5.92 Å². The molecule has 2 fully saturated rings. The highest BCUT2D eigenvalue weighted by Gasteiger charge is 2.29. The molecule has 0 saturated carbocycles. The van der Waals surface area contributed by atoms with Crippen LogP contribution in [0.3, 0.4) is 0 Å². The molecule has 3 heterocycles. The van der Waals surface area contributed by atoms with Gasteiger partial charge < -0.3 is 19.9 Å². The first kappa shape index (κ1) is 16.6. The first-order valence-corrected chi connectivity index (χ1v) is 9.45. The molecule has 2 N–H and O–H groups in total. The third-order valence-electron chi connectivity index (χ3n) is 5.69. The lowest BCUT2D eigenvalue weighted by Gasteiger charge is -2.38. The molecular weight excluding hydrogens is 314 g/mol. The number of rotatable bonds is 4. The van der Waals surface area contributed by atoms with Crippen LogP contribution in [0.5, 0.6) is 0 Å². The van der Waals surface area contributed by atoms with Gasteiger partial charge in [0.05, 0.1) is 0 Å². The molecule has 2 aromatic rings. The number of hydrogen-bond acceptors (Lipinski definition) is 3. The molecule has 0 bridgehead atoms. The van der Waals surface area contributed by atoms with E-state index in [4.69, 9.17) is 4.74 Å². The molecule has 4 rings (SSSR count). The second-order valence-electron chi connectivity index (χ2n) is 7.27. The van der Waals surface area contributed by atoms with Gasteiger partial charge in [-0.15, -0.1) is 0 Å². The second kappa shape index (κ2) is 7.58. The summed E-state index contributed by atoms with van der Waals surface area (Å²) in [5.41, 5.74) is 2.26. The largest absolute Gasteiger partial charge is 0.381 e. The third-order valence-corrected chi connectivity index (χ3v) is 5.69. The summed E-state index contributed by atoms with van der Waals surface area (Å²) in [4.78, 5) is 18.3. The topological polar surface area (TPSA) is 57.4 Å². The second-order valence-corrected chi connectivity index (χ2v) is 7.27. The predicted molar refractivity (Wildman–Crippen MR) is 98.3 cm³/mol. The molecule has 0 radical (unpaired) electrons. The van der Waals surface area contributed by atoms with Gasteiger partial charge in [-0.3, -0.25) is 4.79 Å². The zero-order valence-electron chi connectivity index (χ0n) is 14.7. The van der Waals surface area contributed by atoms with Crippen LogP contribution in [0.25, 0.3) is 10.9 Å². The number of nitrogens with one attached hydrogen (secondary N) is 2. The standard InChI is InChI=1S/C20H27N3O2/c24-20(22-14-15-1-2-16-3-8-21-19(16)13-15)17-4-9-23(10-5-17)18-6-11-25-12-7-18/h1-3,8,13,17-18,21H,4-7,9-12,14H2,(H,22,24). The van der Waals surface area contributed by atoms with Crippen LogP contribution in [0, 0.1) is 5.92 Å². The van der Waals surface area contributed by atoms with Crippen molar-refractivity contribution in [3.63, 3.8) is 0 Å². The predicted octanol–water partition coefficient (Wildman–Crippen LogP) is 2.68. The smallest absolute Gasteiger partial charge is 0.223 e. The number of fused-ring (bicyclic) bond motifs is 1. The Kier molecular flexibility index (Phi) is 5.04. The normalized spacial score (nSPS) is 20.8. The van der Waals surface area contributed by atoms with E-state index in [9.17, 15) is 4.79 Å². The van der Waals surface area contributed by atoms with E-state index in [1.165, 1.54) is 5.39 Å². The molecule has 2 aliphatic rings. The van der Waals surface area contributed by atoms with Crippen LogP contribution in [0.4, 0.5) is 0 Å². The van der Waals surface area contributed by atoms with Crippen molar-refractivity contribution in [3.05, 3.63) is 36.0 Å². The lowest BCUT2D eigenvalue weighted by atomic mass is 9.93. The van der Waals surface area contributed by atoms with Crippen molar-refractivity contribution in [2.45, 2.75) is 38.3 Å². The van der Waals surface area contributed by atoms with E-state index in [-0.39, 0.29) is 11.8 Å². The lowest BCUT2D eigenvalue weighted by Crippen LogP contribution is -2.46. The molecule has 1 aromatic heterocycles. The molecule has 134 valence electrons. The maximum atomic E-state index is 12.5. The van der Waals surface area contributed by atoms with Gasteiger partial charge in [0, 0.05) is 43.4 Å². The zero-order valence-corrected chi connectivity index (χ0v) is 14.7. The quantitative estimate of drug-likeness (QED) is 0.899. The van der Waals surface area contributed by atoms with E-state index < -0.39 is 0 Å². The number of aromatic amines is 1. The van der Waals surface area contributed by atoms with Gasteiger partial charge in [0.15, 0.2) is 0 Å². The van der Waals surface area contributed by atoms with Crippen molar-refractivity contribution in [2.75, 3.05) is 26.3 Å². The summed E-state index contributed by atoms with van der Waals surface area (Å²) in [5, 5.41) is 4.33. The first-order chi connectivity index (χ1) is 12.3. The molecular formula is C20H27N3O2. The Morgan fingerprint density at radius 2 is 1.96 bits per heavy atom. The summed E-state index contributed by atoms with van der Waals surface area (Å²) in [5.74, 6) is 0.364. The number of amides is 1. The van der Waals surface area contributed by atoms with Gasteiger partial charge >= 0.3 is 0 Å². The molecule has 0 spiro atoms. The molecule has 2 saturated heterocycles. The molecule has 1 aromatic carbocycles. The molecule has 5 nitrogen and oxygen atoms in total. The van der Waals surface area contributed by atoms with Crippen LogP contribution >= 0.6 is 0 Å². The number of H-pyrrole nitrogens is 1. The van der Waals surface area contributed by atoms with E-state index in [1.807, 2.05) is 6.20 Å². The molecule has 1 amide bonds. The highest BCUT2D eigenvalue weighted by molar-refractivity contribution is 5.81. The number of piperidine rings is 1. The van der Waals surface area contributed by atoms with Gasteiger partial charge in [-0.05, 0) is 61.9 Å². The Balaban J connectivity index is 1.25. The zero-order chi connectivity index (χ0) is 17.1. The summed E-state index contributed by atoms with van der Waals surface area (Å²) < 4.78 is 5.45. The van der Waals surface area contributed by atoms with Gasteiger partial charge in [0.2, 0.25) is 5.91 Å². The number of hydrogen-bond donors (Lipinski definition) is 2. The maximum absolute atomic E-state index is 12.5. The number of carbonyl (C=O) groups excluding carboxylic acids is 1. The minimum absolute atomic E-state index is 0.158. The molecule has 0 aliphatic carbocycles. The number of ether oxygens (including phenoxy) is 1. The van der Waals surface area contributed by atoms with Gasteiger partial charge in [-0.25, -0.2) is 0 Å². The highest BCUT2D eigenvalue weighted by Crippen LogP contribution is 2.23. The summed E-state index contributed by atoms with van der Waals surface area (Å²) in [6, 6.07) is 9.02. The number of likely N-dealkylation sites (tertiary alicyclic amines) is 1. The lowest BCUT2D eigenvalue weighted by molar-refractivity contribution is -0.127. The molecule has 25 heavy (non-hydrogen) atoms. The Morgan fingerprint density at radius 3 is 2.76 bits per heavy atom. The molecule has 0 unspecified atom stereocenters. The minimum atomic E-state index is 0.158. The van der Waals surface area contributed by atoms with Crippen molar-refractivity contribution < 1.29 is 9.53 Å². The number of carbonyl (C=O) groups is 1. The minimum Gasteiger partial charge on any atom is -0.381 e. The van der Waals surface area contributed by atoms with Crippen molar-refractivity contribution in [1.29, 1.82) is 0 Å². The van der Waals surface area contributed by atoms with Crippen LogP contribution < -0.4 is 5.32 Å². The Labute approximate surface area is 148 Å². The van der Waals surface area contributed by atoms with Crippen LogP contribution in [-0.2, 0) is 16.1 Å². The van der Waals surface area contributed by atoms with Crippen LogP contribution in [0.2, 0.25) is 0 Å². The summed E-state index contributed by atoms with van der Waals surface area (Å²) in [6.45, 7) is 4.45. The summed E-state index contributed by atoms with van der Waals surface area (Å²) in [6.07, 6.45) is 6.16. The highest BCUT2D eigenvalue weighted by atomic mass is 16.5. The van der Waals surface area contributed by atoms with Crippen LogP contribution in [0.1, 0.15) is 31.2 Å². The average molecular weight is 341 g/mol. The van der Waals surface area contributed by atoms with Gasteiger partial charge in [0.25, 0.3) is 0 Å². The Hall–Kier alpha value is -1.85.